The number of aromatic nitrogens is 3. The second kappa shape index (κ2) is 5.63. The summed E-state index contributed by atoms with van der Waals surface area (Å²) in [5, 5.41) is 0.818. The van der Waals surface area contributed by atoms with Crippen molar-refractivity contribution in [3.63, 3.8) is 0 Å². The summed E-state index contributed by atoms with van der Waals surface area (Å²) in [6.45, 7) is 3.78. The minimum atomic E-state index is -0.422. The van der Waals surface area contributed by atoms with E-state index >= 15 is 0 Å². The van der Waals surface area contributed by atoms with Crippen LogP contribution in [-0.2, 0) is 0 Å². The maximum Gasteiger partial charge on any atom is 0.214 e. The van der Waals surface area contributed by atoms with Gasteiger partial charge in [0.05, 0.1) is 12.1 Å². The Labute approximate surface area is 138 Å². The van der Waals surface area contributed by atoms with Gasteiger partial charge < -0.3 is 9.80 Å². The summed E-state index contributed by atoms with van der Waals surface area (Å²) in [4.78, 5) is 17.3. The van der Waals surface area contributed by atoms with Gasteiger partial charge in [-0.2, -0.15) is 4.39 Å². The van der Waals surface area contributed by atoms with Gasteiger partial charge in [-0.05, 0) is 25.7 Å². The molecule has 23 heavy (non-hydrogen) atoms. The molecule has 0 spiro atoms. The Morgan fingerprint density at radius 2 is 2.00 bits per heavy atom. The van der Waals surface area contributed by atoms with Gasteiger partial charge in [-0.15, -0.1) is 0 Å². The largest absolute Gasteiger partial charge is 0.367 e. The summed E-state index contributed by atoms with van der Waals surface area (Å²) in [5.41, 5.74) is 1.91. The van der Waals surface area contributed by atoms with Crippen molar-refractivity contribution in [3.05, 3.63) is 36.0 Å². The van der Waals surface area contributed by atoms with E-state index in [0.717, 1.165) is 35.4 Å². The number of rotatable bonds is 3. The van der Waals surface area contributed by atoms with E-state index in [1.54, 1.807) is 11.8 Å². The van der Waals surface area contributed by atoms with Gasteiger partial charge in [0.15, 0.2) is 5.16 Å². The number of hydrogen-bond acceptors (Lipinski definition) is 6. The Balaban J connectivity index is 1.55. The van der Waals surface area contributed by atoms with Gasteiger partial charge in [0, 0.05) is 42.8 Å². The first-order valence-electron chi connectivity index (χ1n) is 7.68. The van der Waals surface area contributed by atoms with E-state index in [0.29, 0.717) is 12.1 Å². The molecule has 2 unspecified atom stereocenters. The Morgan fingerprint density at radius 1 is 1.22 bits per heavy atom. The summed E-state index contributed by atoms with van der Waals surface area (Å²) in [7, 11) is 0. The van der Waals surface area contributed by atoms with Crippen molar-refractivity contribution in [2.75, 3.05) is 29.1 Å². The molecule has 0 N–H and O–H groups in total. The lowest BCUT2D eigenvalue weighted by Crippen LogP contribution is -2.69. The molecule has 3 aliphatic rings. The van der Waals surface area contributed by atoms with Crippen LogP contribution in [0.25, 0.3) is 0 Å². The van der Waals surface area contributed by atoms with E-state index in [-0.39, 0.29) is 0 Å². The minimum absolute atomic E-state index is 0.422. The van der Waals surface area contributed by atoms with Crippen LogP contribution in [0.5, 0.6) is 0 Å². The first-order chi connectivity index (χ1) is 11.1. The smallest absolute Gasteiger partial charge is 0.214 e. The zero-order chi connectivity index (χ0) is 16.0. The van der Waals surface area contributed by atoms with Crippen molar-refractivity contribution in [2.45, 2.75) is 30.6 Å². The van der Waals surface area contributed by atoms with E-state index in [9.17, 15) is 4.39 Å². The predicted molar refractivity (Wildman–Crippen MR) is 89.6 cm³/mol. The SMILES string of the molecule is CSc1nc(C)cc(N2C3CC2CN(c2ccnc(F)c2)C3)n1. The normalized spacial score (nSPS) is 22.9. The van der Waals surface area contributed by atoms with Crippen LogP contribution in [0, 0.1) is 12.9 Å². The fourth-order valence-corrected chi connectivity index (χ4v) is 3.95. The molecule has 2 aromatic heterocycles. The summed E-state index contributed by atoms with van der Waals surface area (Å²) in [6.07, 6.45) is 4.69. The number of nitrogens with zero attached hydrogens (tertiary/aromatic N) is 5. The molecule has 5 rings (SSSR count). The number of halogens is 1. The molecule has 3 saturated heterocycles. The Kier molecular flexibility index (Phi) is 3.60. The first kappa shape index (κ1) is 14.7. The molecule has 2 bridgehead atoms. The van der Waals surface area contributed by atoms with Crippen molar-refractivity contribution in [2.24, 2.45) is 0 Å². The highest BCUT2D eigenvalue weighted by Gasteiger charge is 2.45. The summed E-state index contributed by atoms with van der Waals surface area (Å²) in [5.74, 6) is 0.596. The highest BCUT2D eigenvalue weighted by Crippen LogP contribution is 2.38. The van der Waals surface area contributed by atoms with Gasteiger partial charge in [0.1, 0.15) is 5.82 Å². The van der Waals surface area contributed by atoms with Crippen LogP contribution in [0.1, 0.15) is 12.1 Å². The summed E-state index contributed by atoms with van der Waals surface area (Å²) < 4.78 is 13.3. The lowest BCUT2D eigenvalue weighted by Gasteiger charge is -2.57. The molecule has 3 fully saturated rings. The van der Waals surface area contributed by atoms with Crippen LogP contribution >= 0.6 is 11.8 Å². The molecule has 5 heterocycles. The van der Waals surface area contributed by atoms with Crippen LogP contribution < -0.4 is 9.80 Å². The molecule has 0 aromatic carbocycles. The number of piperidine rings is 1. The van der Waals surface area contributed by atoms with Gasteiger partial charge in [-0.1, -0.05) is 11.8 Å². The lowest BCUT2D eigenvalue weighted by atomic mass is 9.87. The van der Waals surface area contributed by atoms with Crippen molar-refractivity contribution < 1.29 is 4.39 Å². The van der Waals surface area contributed by atoms with Gasteiger partial charge in [0.2, 0.25) is 5.95 Å². The van der Waals surface area contributed by atoms with Crippen LogP contribution in [0.3, 0.4) is 0 Å². The van der Waals surface area contributed by atoms with Crippen LogP contribution in [0.2, 0.25) is 0 Å². The van der Waals surface area contributed by atoms with Crippen molar-refractivity contribution in [3.8, 4) is 0 Å². The first-order valence-corrected chi connectivity index (χ1v) is 8.91. The van der Waals surface area contributed by atoms with Gasteiger partial charge in [-0.25, -0.2) is 15.0 Å². The van der Waals surface area contributed by atoms with Gasteiger partial charge >= 0.3 is 0 Å². The molecule has 0 amide bonds. The van der Waals surface area contributed by atoms with E-state index in [2.05, 4.69) is 30.8 Å². The third kappa shape index (κ3) is 2.63. The topological polar surface area (TPSA) is 45.2 Å². The summed E-state index contributed by atoms with van der Waals surface area (Å²) >= 11 is 1.57. The second-order valence-corrected chi connectivity index (χ2v) is 6.82. The van der Waals surface area contributed by atoms with Gasteiger partial charge in [0.25, 0.3) is 0 Å². The zero-order valence-electron chi connectivity index (χ0n) is 13.1. The quantitative estimate of drug-likeness (QED) is 0.489. The Morgan fingerprint density at radius 3 is 2.70 bits per heavy atom. The van der Waals surface area contributed by atoms with Crippen molar-refractivity contribution in [1.29, 1.82) is 0 Å². The maximum atomic E-state index is 13.3. The summed E-state index contributed by atoms with van der Waals surface area (Å²) in [6, 6.07) is 6.29. The van der Waals surface area contributed by atoms with E-state index in [1.807, 2.05) is 19.2 Å². The number of thioether (sulfide) groups is 1. The molecular formula is C16H18FN5S. The molecule has 3 aliphatic heterocycles. The molecular weight excluding hydrogens is 313 g/mol. The molecule has 5 nitrogen and oxygen atoms in total. The monoisotopic (exact) mass is 331 g/mol. The molecule has 0 aliphatic carbocycles. The van der Waals surface area contributed by atoms with E-state index < -0.39 is 5.95 Å². The van der Waals surface area contributed by atoms with Crippen LogP contribution in [0.15, 0.2) is 29.6 Å². The highest BCUT2D eigenvalue weighted by molar-refractivity contribution is 7.98. The third-order valence-corrected chi connectivity index (χ3v) is 5.08. The Bertz CT molecular complexity index is 728. The fourth-order valence-electron chi connectivity index (χ4n) is 3.53. The number of hydrogen-bond donors (Lipinski definition) is 0. The number of pyridine rings is 1. The number of anilines is 2. The average molecular weight is 331 g/mol. The molecule has 7 heteroatoms. The standard InChI is InChI=1S/C16H18FN5S/c1-10-5-15(20-16(19-10)23-2)22-12-6-13(22)9-21(8-12)11-3-4-18-14(17)7-11/h3-5,7,12-13H,6,8-9H2,1-2H3. The van der Waals surface area contributed by atoms with Crippen molar-refractivity contribution >= 4 is 23.3 Å². The zero-order valence-corrected chi connectivity index (χ0v) is 13.9. The van der Waals surface area contributed by atoms with Crippen LogP contribution in [-0.4, -0.2) is 46.4 Å². The predicted octanol–water partition coefficient (Wildman–Crippen LogP) is 2.51. The van der Waals surface area contributed by atoms with E-state index in [1.165, 1.54) is 18.7 Å². The number of fused-ring (bicyclic) bond motifs is 2. The number of piperazine rings is 1. The molecule has 0 saturated carbocycles. The third-order valence-electron chi connectivity index (χ3n) is 4.54. The maximum absolute atomic E-state index is 13.3. The highest BCUT2D eigenvalue weighted by atomic mass is 32.2. The number of aryl methyl sites for hydroxylation is 1. The molecule has 0 radical (unpaired) electrons. The Hall–Kier alpha value is -1.89. The van der Waals surface area contributed by atoms with Gasteiger partial charge in [-0.3, -0.25) is 0 Å². The van der Waals surface area contributed by atoms with Crippen molar-refractivity contribution in [1.82, 2.24) is 15.0 Å². The molecule has 2 atom stereocenters. The molecule has 120 valence electrons. The van der Waals surface area contributed by atoms with Crippen LogP contribution in [0.4, 0.5) is 15.9 Å². The minimum Gasteiger partial charge on any atom is -0.367 e. The van der Waals surface area contributed by atoms with E-state index in [4.69, 9.17) is 0 Å². The average Bonchev–Trinajstić information content (AvgIpc) is 2.54. The lowest BCUT2D eigenvalue weighted by molar-refractivity contribution is 0.288. The molecule has 2 aromatic rings. The second-order valence-electron chi connectivity index (χ2n) is 6.05. The fraction of sp³-hybridized carbons (Fsp3) is 0.438.